The zero-order chi connectivity index (χ0) is 16.8. The van der Waals surface area contributed by atoms with Crippen molar-refractivity contribution in [2.45, 2.75) is 31.4 Å². The summed E-state index contributed by atoms with van der Waals surface area (Å²) in [6, 6.07) is 5.16. The molecule has 1 aromatic rings. The van der Waals surface area contributed by atoms with Gasteiger partial charge in [0, 0.05) is 43.3 Å². The number of carbonyl (C=O) groups excluding carboxylic acids is 1. The Kier molecular flexibility index (Phi) is 3.98. The third-order valence-corrected chi connectivity index (χ3v) is 5.05. The maximum Gasteiger partial charge on any atom is 0.303 e. The quantitative estimate of drug-likeness (QED) is 0.858. The zero-order valence-electron chi connectivity index (χ0n) is 12.8. The van der Waals surface area contributed by atoms with E-state index in [1.807, 2.05) is 0 Å². The highest BCUT2D eigenvalue weighted by atomic mass is 35.5. The van der Waals surface area contributed by atoms with Gasteiger partial charge in [-0.1, -0.05) is 11.6 Å². The number of nitrogens with two attached hydrogens (primary N) is 1. The standard InChI is InChI=1S/C16H19ClN2O4/c1-9(20)19-5-4-16(18)13(8-19)11(7-15(21)22)12-6-10(17)2-3-14(12)23-16/h2-3,6,11,13H,4-5,7-8,18H2,1H3,(H,21,22). The van der Waals surface area contributed by atoms with E-state index in [1.54, 1.807) is 23.1 Å². The Morgan fingerprint density at radius 3 is 2.91 bits per heavy atom. The zero-order valence-corrected chi connectivity index (χ0v) is 13.5. The van der Waals surface area contributed by atoms with Crippen LogP contribution in [0.15, 0.2) is 18.2 Å². The Hall–Kier alpha value is -1.79. The molecule has 3 rings (SSSR count). The molecule has 1 saturated heterocycles. The summed E-state index contributed by atoms with van der Waals surface area (Å²) >= 11 is 6.07. The van der Waals surface area contributed by atoms with Gasteiger partial charge in [-0.05, 0) is 23.8 Å². The highest BCUT2D eigenvalue weighted by Gasteiger charge is 2.51. The van der Waals surface area contributed by atoms with Crippen LogP contribution in [0.2, 0.25) is 5.02 Å². The van der Waals surface area contributed by atoms with Crippen LogP contribution in [0.3, 0.4) is 0 Å². The van der Waals surface area contributed by atoms with Crippen LogP contribution in [0, 0.1) is 5.92 Å². The van der Waals surface area contributed by atoms with E-state index in [4.69, 9.17) is 22.1 Å². The fraction of sp³-hybridized carbons (Fsp3) is 0.500. The first-order valence-electron chi connectivity index (χ1n) is 7.55. The smallest absolute Gasteiger partial charge is 0.303 e. The van der Waals surface area contributed by atoms with Crippen molar-refractivity contribution in [1.29, 1.82) is 0 Å². The number of aliphatic carboxylic acids is 1. The molecule has 0 aliphatic carbocycles. The number of amides is 1. The Balaban J connectivity index is 2.04. The van der Waals surface area contributed by atoms with E-state index >= 15 is 0 Å². The van der Waals surface area contributed by atoms with E-state index in [0.29, 0.717) is 30.3 Å². The minimum atomic E-state index is -0.965. The first-order chi connectivity index (χ1) is 10.8. The van der Waals surface area contributed by atoms with Gasteiger partial charge in [-0.25, -0.2) is 0 Å². The van der Waals surface area contributed by atoms with E-state index in [1.165, 1.54) is 6.92 Å². The van der Waals surface area contributed by atoms with Crippen LogP contribution < -0.4 is 10.5 Å². The highest BCUT2D eigenvalue weighted by molar-refractivity contribution is 6.30. The van der Waals surface area contributed by atoms with Crippen molar-refractivity contribution in [3.05, 3.63) is 28.8 Å². The van der Waals surface area contributed by atoms with Gasteiger partial charge in [-0.2, -0.15) is 0 Å². The topological polar surface area (TPSA) is 92.9 Å². The van der Waals surface area contributed by atoms with Crippen molar-refractivity contribution < 1.29 is 19.4 Å². The number of likely N-dealkylation sites (tertiary alicyclic amines) is 1. The van der Waals surface area contributed by atoms with E-state index in [2.05, 4.69) is 0 Å². The predicted molar refractivity (Wildman–Crippen MR) is 84.4 cm³/mol. The summed E-state index contributed by atoms with van der Waals surface area (Å²) in [4.78, 5) is 24.8. The lowest BCUT2D eigenvalue weighted by atomic mass is 9.72. The number of fused-ring (bicyclic) bond motifs is 2. The molecule has 0 saturated carbocycles. The van der Waals surface area contributed by atoms with Crippen LogP contribution in [0.25, 0.3) is 0 Å². The molecule has 6 nitrogen and oxygen atoms in total. The lowest BCUT2D eigenvalue weighted by Gasteiger charge is -2.51. The number of halogens is 1. The molecule has 1 aromatic carbocycles. The number of hydrogen-bond acceptors (Lipinski definition) is 4. The van der Waals surface area contributed by atoms with Gasteiger partial charge in [0.05, 0.1) is 6.42 Å². The molecule has 7 heteroatoms. The number of carboxylic acids is 1. The van der Waals surface area contributed by atoms with Gasteiger partial charge in [-0.3, -0.25) is 15.3 Å². The van der Waals surface area contributed by atoms with Gasteiger partial charge in [0.1, 0.15) is 5.75 Å². The Morgan fingerprint density at radius 2 is 2.26 bits per heavy atom. The van der Waals surface area contributed by atoms with Crippen LogP contribution in [-0.2, 0) is 9.59 Å². The van der Waals surface area contributed by atoms with Crippen LogP contribution in [0.5, 0.6) is 5.75 Å². The first kappa shape index (κ1) is 16.1. The Labute approximate surface area is 139 Å². The molecule has 0 bridgehead atoms. The summed E-state index contributed by atoms with van der Waals surface area (Å²) in [5, 5.41) is 9.83. The molecule has 2 aliphatic rings. The van der Waals surface area contributed by atoms with Crippen molar-refractivity contribution in [2.24, 2.45) is 11.7 Å². The van der Waals surface area contributed by atoms with Crippen molar-refractivity contribution in [3.8, 4) is 5.75 Å². The lowest BCUT2D eigenvalue weighted by molar-refractivity contribution is -0.142. The van der Waals surface area contributed by atoms with E-state index < -0.39 is 11.7 Å². The van der Waals surface area contributed by atoms with Gasteiger partial charge in [0.15, 0.2) is 5.72 Å². The minimum absolute atomic E-state index is 0.0435. The molecule has 124 valence electrons. The fourth-order valence-corrected chi connectivity index (χ4v) is 3.80. The average molecular weight is 339 g/mol. The van der Waals surface area contributed by atoms with E-state index in [0.717, 1.165) is 5.56 Å². The van der Waals surface area contributed by atoms with Crippen molar-refractivity contribution in [1.82, 2.24) is 4.90 Å². The monoisotopic (exact) mass is 338 g/mol. The summed E-state index contributed by atoms with van der Waals surface area (Å²) < 4.78 is 6.01. The Bertz CT molecular complexity index is 665. The first-order valence-corrected chi connectivity index (χ1v) is 7.92. The number of piperidine rings is 1. The van der Waals surface area contributed by atoms with Gasteiger partial charge >= 0.3 is 5.97 Å². The van der Waals surface area contributed by atoms with Gasteiger partial charge in [-0.15, -0.1) is 0 Å². The van der Waals surface area contributed by atoms with E-state index in [-0.39, 0.29) is 24.2 Å². The SMILES string of the molecule is CC(=O)N1CCC2(N)Oc3ccc(Cl)cc3C(CC(=O)O)C2C1. The molecule has 2 heterocycles. The summed E-state index contributed by atoms with van der Waals surface area (Å²) in [5.41, 5.74) is 6.24. The molecule has 1 fully saturated rings. The number of benzene rings is 1. The molecule has 0 spiro atoms. The maximum atomic E-state index is 11.7. The second-order valence-corrected chi connectivity index (χ2v) is 6.70. The van der Waals surface area contributed by atoms with Crippen molar-refractivity contribution >= 4 is 23.5 Å². The minimum Gasteiger partial charge on any atom is -0.481 e. The molecular formula is C16H19ClN2O4. The lowest BCUT2D eigenvalue weighted by Crippen LogP contribution is -2.64. The third-order valence-electron chi connectivity index (χ3n) is 4.81. The predicted octanol–water partition coefficient (Wildman–Crippen LogP) is 1.81. The molecule has 0 radical (unpaired) electrons. The van der Waals surface area contributed by atoms with Gasteiger partial charge in [0.25, 0.3) is 0 Å². The number of ether oxygens (including phenoxy) is 1. The molecule has 0 aromatic heterocycles. The maximum absolute atomic E-state index is 11.7. The van der Waals surface area contributed by atoms with Gasteiger partial charge < -0.3 is 14.7 Å². The summed E-state index contributed by atoms with van der Waals surface area (Å²) in [6.07, 6.45) is 0.390. The van der Waals surface area contributed by atoms with Gasteiger partial charge in [0.2, 0.25) is 5.91 Å². The molecule has 2 aliphatic heterocycles. The van der Waals surface area contributed by atoms with Crippen LogP contribution in [0.1, 0.15) is 31.2 Å². The second kappa shape index (κ2) is 5.69. The summed E-state index contributed by atoms with van der Waals surface area (Å²) in [6.45, 7) is 2.39. The average Bonchev–Trinajstić information content (AvgIpc) is 2.46. The van der Waals surface area contributed by atoms with E-state index in [9.17, 15) is 14.7 Å². The number of carbonyl (C=O) groups is 2. The summed E-state index contributed by atoms with van der Waals surface area (Å²) in [5.74, 6) is -1.01. The summed E-state index contributed by atoms with van der Waals surface area (Å²) in [7, 11) is 0. The molecule has 23 heavy (non-hydrogen) atoms. The number of nitrogens with zero attached hydrogens (tertiary/aromatic N) is 1. The second-order valence-electron chi connectivity index (χ2n) is 6.27. The number of carboxylic acid groups (broad SMARTS) is 1. The highest BCUT2D eigenvalue weighted by Crippen LogP contribution is 2.48. The largest absolute Gasteiger partial charge is 0.481 e. The van der Waals surface area contributed by atoms with Crippen molar-refractivity contribution in [3.63, 3.8) is 0 Å². The number of rotatable bonds is 2. The Morgan fingerprint density at radius 1 is 1.52 bits per heavy atom. The fourth-order valence-electron chi connectivity index (χ4n) is 3.62. The third kappa shape index (κ3) is 2.88. The van der Waals surface area contributed by atoms with Crippen LogP contribution in [0.4, 0.5) is 0 Å². The van der Waals surface area contributed by atoms with Crippen molar-refractivity contribution in [2.75, 3.05) is 13.1 Å². The number of hydrogen-bond donors (Lipinski definition) is 2. The molecule has 3 N–H and O–H groups in total. The molecule has 3 atom stereocenters. The normalized spacial score (nSPS) is 29.3. The van der Waals surface area contributed by atoms with Crippen LogP contribution in [-0.4, -0.2) is 40.7 Å². The molecule has 3 unspecified atom stereocenters. The molecular weight excluding hydrogens is 320 g/mol. The molecule has 1 amide bonds. The van der Waals surface area contributed by atoms with Crippen LogP contribution >= 0.6 is 11.6 Å².